The molecule has 1 atom stereocenters. The molecule has 1 unspecified atom stereocenters. The number of nitrogens with zero attached hydrogens (tertiary/aromatic N) is 3. The normalized spacial score (nSPS) is 14.0. The van der Waals surface area contributed by atoms with Gasteiger partial charge in [-0.25, -0.2) is 9.48 Å². The second-order valence-electron chi connectivity index (χ2n) is 9.78. The Morgan fingerprint density at radius 3 is 2.64 bits per heavy atom. The van der Waals surface area contributed by atoms with Crippen LogP contribution in [-0.2, 0) is 21.9 Å². The lowest BCUT2D eigenvalue weighted by Crippen LogP contribution is -2.29. The molecule has 0 radical (unpaired) electrons. The van der Waals surface area contributed by atoms with E-state index in [4.69, 9.17) is 59.1 Å². The fourth-order valence-corrected chi connectivity index (χ4v) is 6.82. The fourth-order valence-electron chi connectivity index (χ4n) is 4.67. The quantitative estimate of drug-likeness (QED) is 0.0872. The van der Waals surface area contributed by atoms with Crippen molar-refractivity contribution in [3.8, 4) is 11.5 Å². The van der Waals surface area contributed by atoms with Crippen LogP contribution in [0, 0.1) is 0 Å². The molecule has 45 heavy (non-hydrogen) atoms. The SMILES string of the molecule is C=CCOC(=O)C1=C(C)Nc2nc(SCc3ccccc3Cl)nn2C1c1cc(Br)c(OCc2ccc(Cl)cc2Cl)c(OCC)c1. The molecule has 0 aliphatic carbocycles. The number of ether oxygens (including phenoxy) is 3. The Balaban J connectivity index is 1.53. The van der Waals surface area contributed by atoms with Gasteiger partial charge in [-0.3, -0.25) is 0 Å². The van der Waals surface area contributed by atoms with Crippen LogP contribution < -0.4 is 14.8 Å². The highest BCUT2D eigenvalue weighted by molar-refractivity contribution is 9.10. The number of nitrogens with one attached hydrogen (secondary N) is 1. The highest BCUT2D eigenvalue weighted by atomic mass is 79.9. The van der Waals surface area contributed by atoms with Gasteiger partial charge in [0.25, 0.3) is 0 Å². The van der Waals surface area contributed by atoms with Gasteiger partial charge < -0.3 is 19.5 Å². The topological polar surface area (TPSA) is 87.5 Å². The molecule has 1 aliphatic heterocycles. The predicted molar refractivity (Wildman–Crippen MR) is 183 cm³/mol. The highest BCUT2D eigenvalue weighted by Crippen LogP contribution is 2.44. The van der Waals surface area contributed by atoms with E-state index in [2.05, 4.69) is 27.8 Å². The Labute approximate surface area is 288 Å². The number of aromatic nitrogens is 3. The van der Waals surface area contributed by atoms with Gasteiger partial charge in [0, 0.05) is 32.1 Å². The van der Waals surface area contributed by atoms with E-state index in [1.54, 1.807) is 23.7 Å². The van der Waals surface area contributed by atoms with E-state index in [1.165, 1.54) is 17.8 Å². The molecule has 0 fully saturated rings. The molecule has 0 saturated carbocycles. The van der Waals surface area contributed by atoms with Gasteiger partial charge >= 0.3 is 5.97 Å². The lowest BCUT2D eigenvalue weighted by atomic mass is 9.95. The predicted octanol–water partition coefficient (Wildman–Crippen LogP) is 9.29. The second kappa shape index (κ2) is 15.0. The van der Waals surface area contributed by atoms with Crippen molar-refractivity contribution in [3.05, 3.63) is 115 Å². The van der Waals surface area contributed by atoms with Crippen molar-refractivity contribution >= 4 is 74.4 Å². The number of benzene rings is 3. The van der Waals surface area contributed by atoms with E-state index >= 15 is 0 Å². The van der Waals surface area contributed by atoms with Crippen LogP contribution in [0.25, 0.3) is 0 Å². The summed E-state index contributed by atoms with van der Waals surface area (Å²) < 4.78 is 20.0. The van der Waals surface area contributed by atoms with E-state index in [1.807, 2.05) is 49.4 Å². The summed E-state index contributed by atoms with van der Waals surface area (Å²) in [6, 6.07) is 15.9. The van der Waals surface area contributed by atoms with E-state index < -0.39 is 12.0 Å². The maximum absolute atomic E-state index is 13.5. The number of hydrogen-bond acceptors (Lipinski definition) is 8. The van der Waals surface area contributed by atoms with E-state index in [9.17, 15) is 4.79 Å². The van der Waals surface area contributed by atoms with Gasteiger partial charge in [0.15, 0.2) is 11.5 Å². The van der Waals surface area contributed by atoms with E-state index in [-0.39, 0.29) is 13.2 Å². The third-order valence-electron chi connectivity index (χ3n) is 6.73. The Hall–Kier alpha value is -3.15. The molecule has 1 aliphatic rings. The first-order valence-electron chi connectivity index (χ1n) is 13.8. The zero-order chi connectivity index (χ0) is 32.1. The van der Waals surface area contributed by atoms with Gasteiger partial charge in [-0.2, -0.15) is 4.98 Å². The minimum atomic E-state index is -0.698. The van der Waals surface area contributed by atoms with Gasteiger partial charge in [0.1, 0.15) is 19.3 Å². The molecule has 0 spiro atoms. The smallest absolute Gasteiger partial charge is 0.338 e. The molecule has 5 rings (SSSR count). The summed E-state index contributed by atoms with van der Waals surface area (Å²) in [5.41, 5.74) is 3.38. The number of rotatable bonds is 12. The summed E-state index contributed by atoms with van der Waals surface area (Å²) in [4.78, 5) is 18.2. The van der Waals surface area contributed by atoms with Gasteiger partial charge in [-0.15, -0.1) is 5.10 Å². The number of hydrogen-bond donors (Lipinski definition) is 1. The summed E-state index contributed by atoms with van der Waals surface area (Å²) in [5.74, 6) is 1.48. The first-order chi connectivity index (χ1) is 21.7. The molecular weight excluding hydrogens is 723 g/mol. The summed E-state index contributed by atoms with van der Waals surface area (Å²) in [7, 11) is 0. The van der Waals surface area contributed by atoms with Crippen LogP contribution in [0.3, 0.4) is 0 Å². The Morgan fingerprint density at radius 1 is 1.11 bits per heavy atom. The summed E-state index contributed by atoms with van der Waals surface area (Å²) in [6.45, 7) is 7.96. The molecular formula is C32H28BrCl3N4O4S. The average Bonchev–Trinajstić information content (AvgIpc) is 3.41. The standard InChI is InChI=1S/C32H28BrCl3N4O4S/c1-4-12-43-30(41)27-18(3)37-31-38-32(45-17-20-8-6-7-9-24(20)35)39-40(31)28(27)21-13-23(33)29(26(14-21)42-5-2)44-16-19-10-11-22(34)15-25(19)36/h4,6-11,13-15,28H,1,5,12,16-17H2,2-3H3,(H,37,38,39). The monoisotopic (exact) mass is 748 g/mol. The largest absolute Gasteiger partial charge is 0.490 e. The molecule has 0 bridgehead atoms. The molecule has 2 heterocycles. The molecule has 0 saturated heterocycles. The second-order valence-corrected chi connectivity index (χ2v) is 12.8. The zero-order valence-corrected chi connectivity index (χ0v) is 29.0. The number of anilines is 1. The Kier molecular flexibility index (Phi) is 11.0. The van der Waals surface area contributed by atoms with Gasteiger partial charge in [0.2, 0.25) is 11.1 Å². The van der Waals surface area contributed by atoms with Crippen LogP contribution in [0.4, 0.5) is 5.95 Å². The van der Waals surface area contributed by atoms with E-state index in [0.29, 0.717) is 71.3 Å². The number of allylic oxidation sites excluding steroid dienone is 1. The molecule has 4 aromatic rings. The van der Waals surface area contributed by atoms with Crippen LogP contribution in [0.1, 0.15) is 36.6 Å². The highest BCUT2D eigenvalue weighted by Gasteiger charge is 2.36. The van der Waals surface area contributed by atoms with Crippen LogP contribution in [0.5, 0.6) is 11.5 Å². The summed E-state index contributed by atoms with van der Waals surface area (Å²) >= 11 is 23.9. The number of halogens is 4. The van der Waals surface area contributed by atoms with Crippen molar-refractivity contribution in [2.45, 2.75) is 37.4 Å². The lowest BCUT2D eigenvalue weighted by molar-refractivity contribution is -0.138. The molecule has 1 aromatic heterocycles. The number of carbonyl (C=O) groups excluding carboxylic acids is 1. The lowest BCUT2D eigenvalue weighted by Gasteiger charge is -2.29. The number of esters is 1. The third-order valence-corrected chi connectivity index (χ3v) is 9.17. The minimum Gasteiger partial charge on any atom is -0.490 e. The van der Waals surface area contributed by atoms with E-state index in [0.717, 1.165) is 11.1 Å². The van der Waals surface area contributed by atoms with Gasteiger partial charge in [-0.05, 0) is 71.2 Å². The molecule has 8 nitrogen and oxygen atoms in total. The first kappa shape index (κ1) is 33.2. The zero-order valence-electron chi connectivity index (χ0n) is 24.3. The van der Waals surface area contributed by atoms with Gasteiger partial charge in [0.05, 0.1) is 16.7 Å². The van der Waals surface area contributed by atoms with Crippen LogP contribution in [0.2, 0.25) is 15.1 Å². The molecule has 3 aromatic carbocycles. The maximum atomic E-state index is 13.5. The van der Waals surface area contributed by atoms with Gasteiger partial charge in [-0.1, -0.05) is 83.5 Å². The van der Waals surface area contributed by atoms with Crippen molar-refractivity contribution in [2.75, 3.05) is 18.5 Å². The van der Waals surface area contributed by atoms with Crippen LogP contribution >= 0.6 is 62.5 Å². The Bertz CT molecular complexity index is 1780. The third kappa shape index (κ3) is 7.64. The maximum Gasteiger partial charge on any atom is 0.338 e. The van der Waals surface area contributed by atoms with Crippen molar-refractivity contribution < 1.29 is 19.0 Å². The molecule has 1 N–H and O–H groups in total. The summed E-state index contributed by atoms with van der Waals surface area (Å²) in [6.07, 6.45) is 1.52. The number of fused-ring (bicyclic) bond motifs is 1. The van der Waals surface area contributed by atoms with Crippen molar-refractivity contribution in [3.63, 3.8) is 0 Å². The summed E-state index contributed by atoms with van der Waals surface area (Å²) in [5, 5.41) is 10.2. The van der Waals surface area contributed by atoms with Crippen molar-refractivity contribution in [1.82, 2.24) is 14.8 Å². The molecule has 0 amide bonds. The molecule has 234 valence electrons. The minimum absolute atomic E-state index is 0.0550. The number of carbonyl (C=O) groups is 1. The first-order valence-corrected chi connectivity index (χ1v) is 16.7. The fraction of sp³-hybridized carbons (Fsp3) is 0.219. The van der Waals surface area contributed by atoms with Crippen molar-refractivity contribution in [2.24, 2.45) is 0 Å². The average molecular weight is 751 g/mol. The van der Waals surface area contributed by atoms with Crippen LogP contribution in [0.15, 0.2) is 88.2 Å². The molecule has 13 heteroatoms. The number of thioether (sulfide) groups is 1. The Morgan fingerprint density at radius 2 is 1.91 bits per heavy atom. The van der Waals surface area contributed by atoms with Crippen molar-refractivity contribution in [1.29, 1.82) is 0 Å². The van der Waals surface area contributed by atoms with Crippen LogP contribution in [-0.4, -0.2) is 33.9 Å².